The number of aryl methyl sites for hydroxylation is 2. The van der Waals surface area contributed by atoms with Gasteiger partial charge in [0.25, 0.3) is 0 Å². The smallest absolute Gasteiger partial charge is 0.165 e. The Labute approximate surface area is 315 Å². The second-order valence-corrected chi connectivity index (χ2v) is 25.7. The summed E-state index contributed by atoms with van der Waals surface area (Å²) in [5, 5.41) is 5.37. The zero-order chi connectivity index (χ0) is 34.2. The van der Waals surface area contributed by atoms with E-state index in [2.05, 4.69) is 143 Å². The normalized spacial score (nSPS) is 10.9. The molecule has 8 heteroatoms. The van der Waals surface area contributed by atoms with Gasteiger partial charge < -0.3 is 0 Å². The molecular weight excluding hydrogens is 758 g/mol. The van der Waals surface area contributed by atoms with Crippen molar-refractivity contribution in [2.75, 3.05) is 0 Å². The molecular formula is C40H46GaN2O2Si2Zr. The first kappa shape index (κ1) is 39.4. The van der Waals surface area contributed by atoms with Gasteiger partial charge in [-0.3, -0.25) is 0 Å². The van der Waals surface area contributed by atoms with Crippen LogP contribution in [0.5, 0.6) is 0 Å². The van der Waals surface area contributed by atoms with Crippen molar-refractivity contribution in [1.29, 1.82) is 0 Å². The van der Waals surface area contributed by atoms with Crippen molar-refractivity contribution in [3.05, 3.63) is 132 Å². The molecule has 0 aliphatic carbocycles. The molecule has 0 saturated heterocycles. The van der Waals surface area contributed by atoms with Crippen LogP contribution in [0.1, 0.15) is 11.1 Å². The zero-order valence-corrected chi connectivity index (χ0v) is 36.3. The van der Waals surface area contributed by atoms with Gasteiger partial charge in [0.2, 0.25) is 0 Å². The number of carbonyl (C=O) groups excluding carboxylic acids is 2. The molecule has 0 fully saturated rings. The molecule has 243 valence electrons. The maximum Gasteiger partial charge on any atom is 2.00 e. The third kappa shape index (κ3) is 11.0. The number of amides is 2. The van der Waals surface area contributed by atoms with Crippen LogP contribution in [0, 0.1) is 13.8 Å². The Balaban J connectivity index is 0.000000194. The van der Waals surface area contributed by atoms with Gasteiger partial charge in [0, 0.05) is 0 Å². The summed E-state index contributed by atoms with van der Waals surface area (Å²) in [6, 6.07) is 43.1. The predicted molar refractivity (Wildman–Crippen MR) is 209 cm³/mol. The topological polar surface area (TPSA) is 58.2 Å². The fourth-order valence-corrected chi connectivity index (χ4v) is 12.9. The summed E-state index contributed by atoms with van der Waals surface area (Å²) in [7, 11) is -3.46. The molecule has 2 N–H and O–H groups in total. The van der Waals surface area contributed by atoms with E-state index in [4.69, 9.17) is 0 Å². The Kier molecular flexibility index (Phi) is 14.4. The predicted octanol–water partition coefficient (Wildman–Crippen LogP) is 10.8. The van der Waals surface area contributed by atoms with Gasteiger partial charge in [-0.15, -0.1) is 69.1 Å². The number of carbonyl (C=O) groups is 2. The summed E-state index contributed by atoms with van der Waals surface area (Å²) >= 11 is -1.13. The van der Waals surface area contributed by atoms with Crippen LogP contribution < -0.4 is 8.05 Å². The molecule has 4 nitrogen and oxygen atoms in total. The number of hydrogen-bond acceptors (Lipinski definition) is 2. The fourth-order valence-electron chi connectivity index (χ4n) is 5.11. The van der Waals surface area contributed by atoms with Gasteiger partial charge in [0.05, 0.1) is 0 Å². The van der Waals surface area contributed by atoms with Crippen LogP contribution in [-0.4, -0.2) is 45.1 Å². The molecule has 2 amide bonds. The molecule has 0 aliphatic rings. The van der Waals surface area contributed by atoms with E-state index in [1.165, 1.54) is 54.9 Å². The largest absolute Gasteiger partial charge is 2.00 e. The summed E-state index contributed by atoms with van der Waals surface area (Å²) in [5.41, 5.74) is 8.20. The van der Waals surface area contributed by atoms with Crippen molar-refractivity contribution < 1.29 is 35.8 Å². The van der Waals surface area contributed by atoms with Gasteiger partial charge in [-0.2, -0.15) is 12.1 Å². The monoisotopic (exact) mass is 801 g/mol. The summed E-state index contributed by atoms with van der Waals surface area (Å²) in [6.45, 7) is 16.3. The Hall–Kier alpha value is -3.01. The molecule has 0 atom stereocenters. The van der Waals surface area contributed by atoms with Gasteiger partial charge in [-0.05, 0) is 11.1 Å². The summed E-state index contributed by atoms with van der Waals surface area (Å²) < 4.78 is 5.79. The van der Waals surface area contributed by atoms with E-state index < -0.39 is 34.0 Å². The van der Waals surface area contributed by atoms with Gasteiger partial charge in [0.15, 0.2) is 0 Å². The molecule has 0 aromatic heterocycles. The zero-order valence-electron chi connectivity index (χ0n) is 29.4. The first-order valence-electron chi connectivity index (χ1n) is 16.1. The van der Waals surface area contributed by atoms with Gasteiger partial charge in [-0.1, -0.05) is 97.8 Å². The minimum atomic E-state index is -1.73. The van der Waals surface area contributed by atoms with Crippen molar-refractivity contribution in [3.63, 3.8) is 0 Å². The average Bonchev–Trinajstić information content (AvgIpc) is 3.62. The molecule has 0 heterocycles. The summed E-state index contributed by atoms with van der Waals surface area (Å²) in [6.07, 6.45) is 0. The second-order valence-electron chi connectivity index (χ2n) is 14.0. The van der Waals surface area contributed by atoms with Gasteiger partial charge >= 0.3 is 128 Å². The number of benzene rings is 4. The van der Waals surface area contributed by atoms with Crippen LogP contribution in [0.4, 0.5) is 9.59 Å². The van der Waals surface area contributed by atoms with E-state index in [0.29, 0.717) is 0 Å². The molecule has 0 unspecified atom stereocenters. The Bertz CT molecular complexity index is 1800. The number of fused-ring (bicyclic) bond motifs is 2. The number of rotatable bonds is 6. The first-order chi connectivity index (χ1) is 22.2. The van der Waals surface area contributed by atoms with Crippen molar-refractivity contribution in [1.82, 2.24) is 8.05 Å². The van der Waals surface area contributed by atoms with E-state index in [1.807, 2.05) is 39.3 Å². The standard InChI is InChI=1S/2C16H13.2C4H11NOSi.Ga.Zr/c2*1-12-10-14-8-5-9-15(16(14)11-12)13-6-3-2-4-7-13;2*1-7(2,3)4(5)6;;/h2*2-11H,1H3;2*1-3H3,(H2,5,6);;/q2*-1;;;2*+2/p-2. The van der Waals surface area contributed by atoms with Gasteiger partial charge in [0.1, 0.15) is 0 Å². The molecule has 0 saturated carbocycles. The maximum absolute atomic E-state index is 11.5. The molecule has 6 aromatic carbocycles. The summed E-state index contributed by atoms with van der Waals surface area (Å²) in [5.74, 6) is 0. The first-order valence-corrected chi connectivity index (χ1v) is 25.5. The molecule has 6 aromatic rings. The van der Waals surface area contributed by atoms with Crippen LogP contribution in [0.3, 0.4) is 0 Å². The quantitative estimate of drug-likeness (QED) is 0.130. The van der Waals surface area contributed by atoms with Crippen molar-refractivity contribution in [3.8, 4) is 22.3 Å². The Morgan fingerprint density at radius 3 is 1.23 bits per heavy atom. The molecule has 1 radical (unpaired) electrons. The minimum absolute atomic E-state index is 0. The third-order valence-corrected chi connectivity index (χ3v) is 13.7. The van der Waals surface area contributed by atoms with E-state index >= 15 is 0 Å². The number of nitrogens with one attached hydrogen (secondary N) is 2. The van der Waals surface area contributed by atoms with Crippen LogP contribution in [0.25, 0.3) is 43.8 Å². The molecule has 6 rings (SSSR count). The SMILES string of the molecule is C[Si](C)(C)C(=O)[NH][Ga][NH]C(=O)[Si](C)(C)C.Cc1cc2c(-c3ccccc3)cccc2[cH-]1.Cc1cc2c(-c3ccccc3)cccc2[cH-]1.[Zr+2]. The molecule has 48 heavy (non-hydrogen) atoms. The summed E-state index contributed by atoms with van der Waals surface area (Å²) in [4.78, 5) is 23.1. The Morgan fingerprint density at radius 2 is 0.896 bits per heavy atom. The Morgan fingerprint density at radius 1 is 0.542 bits per heavy atom. The third-order valence-electron chi connectivity index (χ3n) is 7.73. The van der Waals surface area contributed by atoms with Crippen LogP contribution in [-0.2, 0) is 26.2 Å². The molecule has 0 spiro atoms. The fraction of sp³-hybridized carbons (Fsp3) is 0.200. The average molecular weight is 804 g/mol. The van der Waals surface area contributed by atoms with E-state index in [9.17, 15) is 9.59 Å². The van der Waals surface area contributed by atoms with Crippen LogP contribution >= 0.6 is 0 Å². The molecule has 0 bridgehead atoms. The van der Waals surface area contributed by atoms with Crippen molar-refractivity contribution in [2.24, 2.45) is 0 Å². The van der Waals surface area contributed by atoms with E-state index in [0.717, 1.165) is 0 Å². The van der Waals surface area contributed by atoms with E-state index in [1.54, 1.807) is 0 Å². The minimum Gasteiger partial charge on any atom is -0.165 e. The maximum atomic E-state index is 11.5. The van der Waals surface area contributed by atoms with Crippen molar-refractivity contribution in [2.45, 2.75) is 53.1 Å². The van der Waals surface area contributed by atoms with Gasteiger partial charge in [-0.25, -0.2) is 0 Å². The van der Waals surface area contributed by atoms with Crippen LogP contribution in [0.15, 0.2) is 121 Å². The van der Waals surface area contributed by atoms with E-state index in [-0.39, 0.29) is 37.3 Å². The molecule has 0 aliphatic heterocycles. The van der Waals surface area contributed by atoms with Crippen LogP contribution in [0.2, 0.25) is 39.3 Å². The van der Waals surface area contributed by atoms with Crippen molar-refractivity contribution >= 4 is 66.6 Å². The second kappa shape index (κ2) is 17.6. The number of hydrogen-bond donors (Lipinski definition) is 2.